The molecule has 4 rings (SSSR count). The topological polar surface area (TPSA) is 73.0 Å². The zero-order chi connectivity index (χ0) is 21.3. The smallest absolute Gasteiger partial charge is 0.277 e. The number of rotatable bonds is 5. The van der Waals surface area contributed by atoms with Crippen LogP contribution >= 0.6 is 27.5 Å². The average molecular weight is 486 g/mol. The van der Waals surface area contributed by atoms with Crippen LogP contribution in [0.5, 0.6) is 0 Å². The van der Waals surface area contributed by atoms with Gasteiger partial charge in [0.15, 0.2) is 11.5 Å². The Kier molecular flexibility index (Phi) is 5.74. The van der Waals surface area contributed by atoms with E-state index in [0.29, 0.717) is 23.0 Å². The van der Waals surface area contributed by atoms with Gasteiger partial charge >= 0.3 is 0 Å². The first-order valence-electron chi connectivity index (χ1n) is 9.23. The van der Waals surface area contributed by atoms with E-state index in [9.17, 15) is 4.79 Å². The maximum Gasteiger partial charge on any atom is 0.277 e. The zero-order valence-corrected chi connectivity index (χ0v) is 18.7. The first kappa shape index (κ1) is 20.4. The minimum Gasteiger partial charge on any atom is -0.355 e. The number of nitrogens with zero attached hydrogens (tertiary/aromatic N) is 3. The van der Waals surface area contributed by atoms with Gasteiger partial charge in [-0.25, -0.2) is 0 Å². The maximum absolute atomic E-state index is 12.7. The Balaban J connectivity index is 1.51. The van der Waals surface area contributed by atoms with E-state index in [1.165, 1.54) is 0 Å². The molecule has 2 heterocycles. The van der Waals surface area contributed by atoms with Gasteiger partial charge in [-0.1, -0.05) is 57.0 Å². The van der Waals surface area contributed by atoms with E-state index in [1.54, 1.807) is 6.07 Å². The van der Waals surface area contributed by atoms with Crippen LogP contribution in [0.15, 0.2) is 63.6 Å². The van der Waals surface area contributed by atoms with Gasteiger partial charge in [0.05, 0.1) is 23.6 Å². The van der Waals surface area contributed by atoms with Crippen molar-refractivity contribution in [1.29, 1.82) is 0 Å². The molecule has 2 aromatic carbocycles. The fourth-order valence-corrected chi connectivity index (χ4v) is 3.49. The van der Waals surface area contributed by atoms with Crippen molar-refractivity contribution < 1.29 is 9.32 Å². The Morgan fingerprint density at radius 2 is 1.83 bits per heavy atom. The lowest BCUT2D eigenvalue weighted by atomic mass is 10.1. The highest BCUT2D eigenvalue weighted by molar-refractivity contribution is 9.10. The SMILES string of the molecule is Cc1nn(Cc2ccc(Cl)cc2)c(C)c1NC(=O)c1cc(-c2ccc(Br)cc2)on1. The van der Waals surface area contributed by atoms with E-state index in [4.69, 9.17) is 16.1 Å². The summed E-state index contributed by atoms with van der Waals surface area (Å²) < 4.78 is 8.16. The third-order valence-electron chi connectivity index (χ3n) is 4.74. The minimum atomic E-state index is -0.348. The third kappa shape index (κ3) is 4.32. The Bertz CT molecular complexity index is 1200. The highest BCUT2D eigenvalue weighted by atomic mass is 79.9. The molecule has 0 saturated heterocycles. The van der Waals surface area contributed by atoms with E-state index in [0.717, 1.165) is 27.0 Å². The monoisotopic (exact) mass is 484 g/mol. The van der Waals surface area contributed by atoms with E-state index in [2.05, 4.69) is 31.5 Å². The van der Waals surface area contributed by atoms with Crippen LogP contribution in [0.25, 0.3) is 11.3 Å². The van der Waals surface area contributed by atoms with Crippen LogP contribution in [0.1, 0.15) is 27.4 Å². The Hall–Kier alpha value is -2.90. The molecular weight excluding hydrogens is 468 g/mol. The summed E-state index contributed by atoms with van der Waals surface area (Å²) in [6.07, 6.45) is 0. The molecule has 2 aromatic heterocycles. The number of hydrogen-bond donors (Lipinski definition) is 1. The van der Waals surface area contributed by atoms with Gasteiger partial charge in [0, 0.05) is 21.1 Å². The fourth-order valence-electron chi connectivity index (χ4n) is 3.10. The number of carbonyl (C=O) groups excluding carboxylic acids is 1. The second kappa shape index (κ2) is 8.45. The number of hydrogen-bond acceptors (Lipinski definition) is 4. The summed E-state index contributed by atoms with van der Waals surface area (Å²) in [7, 11) is 0. The lowest BCUT2D eigenvalue weighted by molar-refractivity contribution is 0.101. The summed E-state index contributed by atoms with van der Waals surface area (Å²) in [6, 6.07) is 16.8. The molecule has 152 valence electrons. The minimum absolute atomic E-state index is 0.206. The standard InChI is InChI=1S/C22H18BrClN4O2/c1-13-21(14(2)28(26-13)12-15-3-9-18(24)10-4-15)25-22(29)19-11-20(30-27-19)16-5-7-17(23)8-6-16/h3-11H,12H2,1-2H3,(H,25,29). The second-order valence-electron chi connectivity index (χ2n) is 6.87. The molecule has 6 nitrogen and oxygen atoms in total. The molecule has 0 aliphatic rings. The normalized spacial score (nSPS) is 10.9. The van der Waals surface area contributed by atoms with Crippen LogP contribution in [0.2, 0.25) is 5.02 Å². The van der Waals surface area contributed by atoms with Gasteiger partial charge in [0.2, 0.25) is 0 Å². The molecule has 0 spiro atoms. The summed E-state index contributed by atoms with van der Waals surface area (Å²) in [5, 5.41) is 12.1. The molecule has 1 amide bonds. The molecule has 4 aromatic rings. The van der Waals surface area contributed by atoms with Gasteiger partial charge < -0.3 is 9.84 Å². The summed E-state index contributed by atoms with van der Waals surface area (Å²) in [4.78, 5) is 12.7. The van der Waals surface area contributed by atoms with Crippen molar-refractivity contribution in [3.05, 3.63) is 86.7 Å². The molecule has 0 fully saturated rings. The molecule has 0 unspecified atom stereocenters. The van der Waals surface area contributed by atoms with Crippen LogP contribution in [0.3, 0.4) is 0 Å². The van der Waals surface area contributed by atoms with Crippen molar-refractivity contribution in [2.45, 2.75) is 20.4 Å². The molecule has 30 heavy (non-hydrogen) atoms. The predicted octanol–water partition coefficient (Wildman–Crippen LogP) is 5.87. The van der Waals surface area contributed by atoms with E-state index in [-0.39, 0.29) is 11.6 Å². The summed E-state index contributed by atoms with van der Waals surface area (Å²) in [5.74, 6) is 0.180. The lowest BCUT2D eigenvalue weighted by Crippen LogP contribution is -2.13. The van der Waals surface area contributed by atoms with Crippen molar-refractivity contribution in [2.24, 2.45) is 0 Å². The molecule has 0 atom stereocenters. The number of carbonyl (C=O) groups is 1. The summed E-state index contributed by atoms with van der Waals surface area (Å²) >= 11 is 9.35. The van der Waals surface area contributed by atoms with Crippen LogP contribution in [-0.2, 0) is 6.54 Å². The van der Waals surface area contributed by atoms with Gasteiger partial charge in [0.1, 0.15) is 0 Å². The van der Waals surface area contributed by atoms with Gasteiger partial charge in [-0.05, 0) is 43.7 Å². The fraction of sp³-hybridized carbons (Fsp3) is 0.136. The molecule has 8 heteroatoms. The van der Waals surface area contributed by atoms with Gasteiger partial charge in [-0.15, -0.1) is 0 Å². The van der Waals surface area contributed by atoms with E-state index in [1.807, 2.05) is 67.1 Å². The Morgan fingerprint density at radius 3 is 2.53 bits per heavy atom. The predicted molar refractivity (Wildman–Crippen MR) is 120 cm³/mol. The third-order valence-corrected chi connectivity index (χ3v) is 5.52. The first-order valence-corrected chi connectivity index (χ1v) is 10.4. The number of halogens is 2. The number of benzene rings is 2. The van der Waals surface area contributed by atoms with Crippen molar-refractivity contribution in [3.63, 3.8) is 0 Å². The average Bonchev–Trinajstić information content (AvgIpc) is 3.32. The molecule has 0 bridgehead atoms. The Morgan fingerprint density at radius 1 is 1.13 bits per heavy atom. The van der Waals surface area contributed by atoms with Gasteiger partial charge in [-0.2, -0.15) is 5.10 Å². The van der Waals surface area contributed by atoms with E-state index >= 15 is 0 Å². The van der Waals surface area contributed by atoms with Crippen molar-refractivity contribution >= 4 is 39.1 Å². The number of amides is 1. The molecular formula is C22H18BrClN4O2. The molecule has 0 aliphatic heterocycles. The van der Waals surface area contributed by atoms with Crippen LogP contribution in [0, 0.1) is 13.8 Å². The second-order valence-corrected chi connectivity index (χ2v) is 8.22. The summed E-state index contributed by atoms with van der Waals surface area (Å²) in [5.41, 5.74) is 4.37. The first-order chi connectivity index (χ1) is 14.4. The van der Waals surface area contributed by atoms with Crippen LogP contribution in [-0.4, -0.2) is 20.8 Å². The molecule has 0 aliphatic carbocycles. The van der Waals surface area contributed by atoms with Crippen molar-refractivity contribution in [2.75, 3.05) is 5.32 Å². The van der Waals surface area contributed by atoms with Crippen LogP contribution in [0.4, 0.5) is 5.69 Å². The number of anilines is 1. The van der Waals surface area contributed by atoms with Gasteiger partial charge in [-0.3, -0.25) is 9.48 Å². The molecule has 1 N–H and O–H groups in total. The Labute approximate surface area is 187 Å². The quantitative estimate of drug-likeness (QED) is 0.383. The lowest BCUT2D eigenvalue weighted by Gasteiger charge is -2.06. The number of aromatic nitrogens is 3. The largest absolute Gasteiger partial charge is 0.355 e. The molecule has 0 radical (unpaired) electrons. The van der Waals surface area contributed by atoms with Crippen LogP contribution < -0.4 is 5.32 Å². The van der Waals surface area contributed by atoms with Gasteiger partial charge in [0.25, 0.3) is 5.91 Å². The van der Waals surface area contributed by atoms with Crippen molar-refractivity contribution in [3.8, 4) is 11.3 Å². The summed E-state index contributed by atoms with van der Waals surface area (Å²) in [6.45, 7) is 4.36. The van der Waals surface area contributed by atoms with E-state index < -0.39 is 0 Å². The number of nitrogens with one attached hydrogen (secondary N) is 1. The highest BCUT2D eigenvalue weighted by Gasteiger charge is 2.19. The highest BCUT2D eigenvalue weighted by Crippen LogP contribution is 2.25. The molecule has 0 saturated carbocycles. The number of aryl methyl sites for hydroxylation is 1. The van der Waals surface area contributed by atoms with Crippen molar-refractivity contribution in [1.82, 2.24) is 14.9 Å². The maximum atomic E-state index is 12.7. The zero-order valence-electron chi connectivity index (χ0n) is 16.3.